The normalized spacial score (nSPS) is 21.6. The predicted molar refractivity (Wildman–Crippen MR) is 53.3 cm³/mol. The largest absolute Gasteiger partial charge is 0.496 e. The second-order valence-electron chi connectivity index (χ2n) is 3.86. The third-order valence-electron chi connectivity index (χ3n) is 2.61. The number of aliphatic hydroxyl groups excluding tert-OH is 1. The van der Waals surface area contributed by atoms with E-state index in [1.54, 1.807) is 0 Å². The summed E-state index contributed by atoms with van der Waals surface area (Å²) in [6.07, 6.45) is 5.71. The van der Waals surface area contributed by atoms with Crippen LogP contribution in [-0.4, -0.2) is 17.8 Å². The van der Waals surface area contributed by atoms with Gasteiger partial charge in [-0.25, -0.2) is 0 Å². The Kier molecular flexibility index (Phi) is 4.29. The Morgan fingerprint density at radius 1 is 1.62 bits per heavy atom. The smallest absolute Gasteiger partial charge is 0.120 e. The van der Waals surface area contributed by atoms with Gasteiger partial charge < -0.3 is 9.84 Å². The van der Waals surface area contributed by atoms with Gasteiger partial charge in [0.05, 0.1) is 6.61 Å². The molecule has 2 atom stereocenters. The summed E-state index contributed by atoms with van der Waals surface area (Å²) in [5.41, 5.74) is 0. The molecule has 1 rings (SSSR count). The molecule has 13 heavy (non-hydrogen) atoms. The van der Waals surface area contributed by atoms with Crippen molar-refractivity contribution in [3.05, 3.63) is 11.8 Å². The van der Waals surface area contributed by atoms with Crippen molar-refractivity contribution in [2.75, 3.05) is 6.61 Å². The molecule has 0 saturated heterocycles. The average molecular weight is 184 g/mol. The first kappa shape index (κ1) is 10.6. The molecule has 0 aromatic carbocycles. The molecule has 0 aliphatic carbocycles. The summed E-state index contributed by atoms with van der Waals surface area (Å²) in [5, 5.41) is 9.78. The Hall–Kier alpha value is -0.500. The van der Waals surface area contributed by atoms with Crippen LogP contribution in [0.1, 0.15) is 39.5 Å². The predicted octanol–water partition coefficient (Wildman–Crippen LogP) is 2.48. The van der Waals surface area contributed by atoms with Gasteiger partial charge in [0.1, 0.15) is 11.9 Å². The number of hydrogen-bond acceptors (Lipinski definition) is 2. The molecule has 1 heterocycles. The van der Waals surface area contributed by atoms with Crippen molar-refractivity contribution in [2.45, 2.75) is 45.6 Å². The lowest BCUT2D eigenvalue weighted by Gasteiger charge is -2.21. The first-order valence-electron chi connectivity index (χ1n) is 5.25. The van der Waals surface area contributed by atoms with Gasteiger partial charge in [0, 0.05) is 0 Å². The van der Waals surface area contributed by atoms with Gasteiger partial charge in [0.15, 0.2) is 0 Å². The fraction of sp³-hybridized carbons (Fsp3) is 0.818. The van der Waals surface area contributed by atoms with E-state index in [4.69, 9.17) is 4.74 Å². The summed E-state index contributed by atoms with van der Waals surface area (Å²) in [4.78, 5) is 0. The summed E-state index contributed by atoms with van der Waals surface area (Å²) in [6, 6.07) is 0. The molecule has 0 fully saturated rings. The van der Waals surface area contributed by atoms with E-state index < -0.39 is 0 Å². The van der Waals surface area contributed by atoms with Crippen LogP contribution >= 0.6 is 0 Å². The summed E-state index contributed by atoms with van der Waals surface area (Å²) >= 11 is 0. The Balaban J connectivity index is 2.37. The molecule has 2 nitrogen and oxygen atoms in total. The summed E-state index contributed by atoms with van der Waals surface area (Å²) in [7, 11) is 0. The van der Waals surface area contributed by atoms with Crippen LogP contribution < -0.4 is 0 Å². The van der Waals surface area contributed by atoms with Crippen molar-refractivity contribution in [1.82, 2.24) is 0 Å². The fourth-order valence-electron chi connectivity index (χ4n) is 1.47. The Bertz CT molecular complexity index is 175. The zero-order chi connectivity index (χ0) is 9.68. The fourth-order valence-corrected chi connectivity index (χ4v) is 1.47. The quantitative estimate of drug-likeness (QED) is 0.727. The number of aliphatic hydroxyl groups is 1. The van der Waals surface area contributed by atoms with Crippen molar-refractivity contribution < 1.29 is 9.84 Å². The van der Waals surface area contributed by atoms with Crippen molar-refractivity contribution >= 4 is 0 Å². The number of allylic oxidation sites excluding steroid dienone is 1. The first-order chi connectivity index (χ1) is 6.24. The highest BCUT2D eigenvalue weighted by Crippen LogP contribution is 2.20. The molecule has 76 valence electrons. The van der Waals surface area contributed by atoms with Crippen molar-refractivity contribution in [3.63, 3.8) is 0 Å². The average Bonchev–Trinajstić information content (AvgIpc) is 2.19. The Labute approximate surface area is 80.6 Å². The number of ether oxygens (including phenoxy) is 1. The van der Waals surface area contributed by atoms with E-state index in [0.29, 0.717) is 5.92 Å². The van der Waals surface area contributed by atoms with E-state index in [-0.39, 0.29) is 6.10 Å². The Morgan fingerprint density at radius 3 is 2.92 bits per heavy atom. The lowest BCUT2D eigenvalue weighted by Crippen LogP contribution is -2.18. The molecule has 1 aliphatic heterocycles. The molecule has 2 heteroatoms. The van der Waals surface area contributed by atoms with Crippen LogP contribution in [0.4, 0.5) is 0 Å². The van der Waals surface area contributed by atoms with Gasteiger partial charge in [-0.05, 0) is 31.3 Å². The number of hydrogen-bond donors (Lipinski definition) is 1. The van der Waals surface area contributed by atoms with Gasteiger partial charge in [-0.2, -0.15) is 0 Å². The molecule has 0 spiro atoms. The van der Waals surface area contributed by atoms with E-state index in [1.807, 2.05) is 6.08 Å². The minimum absolute atomic E-state index is 0.379. The summed E-state index contributed by atoms with van der Waals surface area (Å²) in [5.74, 6) is 1.37. The minimum Gasteiger partial charge on any atom is -0.496 e. The van der Waals surface area contributed by atoms with Gasteiger partial charge in [0.2, 0.25) is 0 Å². The topological polar surface area (TPSA) is 29.5 Å². The molecule has 1 N–H and O–H groups in total. The minimum atomic E-state index is -0.379. The highest BCUT2D eigenvalue weighted by molar-refractivity contribution is 5.02. The second kappa shape index (κ2) is 5.28. The maximum atomic E-state index is 9.78. The molecule has 0 bridgehead atoms. The number of rotatable bonds is 4. The molecule has 2 unspecified atom stereocenters. The van der Waals surface area contributed by atoms with Crippen molar-refractivity contribution in [2.24, 2.45) is 5.92 Å². The molecule has 1 aliphatic rings. The van der Waals surface area contributed by atoms with Crippen LogP contribution in [0.3, 0.4) is 0 Å². The van der Waals surface area contributed by atoms with Gasteiger partial charge in [-0.15, -0.1) is 0 Å². The monoisotopic (exact) mass is 184 g/mol. The second-order valence-corrected chi connectivity index (χ2v) is 3.86. The van der Waals surface area contributed by atoms with Gasteiger partial charge in [-0.1, -0.05) is 20.3 Å². The van der Waals surface area contributed by atoms with Crippen molar-refractivity contribution in [3.8, 4) is 0 Å². The highest BCUT2D eigenvalue weighted by Gasteiger charge is 2.16. The molecule has 0 aromatic rings. The third-order valence-corrected chi connectivity index (χ3v) is 2.61. The zero-order valence-corrected chi connectivity index (χ0v) is 8.62. The lowest BCUT2D eigenvalue weighted by atomic mass is 9.99. The maximum Gasteiger partial charge on any atom is 0.120 e. The summed E-state index contributed by atoms with van der Waals surface area (Å²) < 4.78 is 5.40. The zero-order valence-electron chi connectivity index (χ0n) is 8.62. The summed E-state index contributed by atoms with van der Waals surface area (Å²) in [6.45, 7) is 5.07. The van der Waals surface area contributed by atoms with Gasteiger partial charge in [0.25, 0.3) is 0 Å². The van der Waals surface area contributed by atoms with E-state index in [9.17, 15) is 5.11 Å². The van der Waals surface area contributed by atoms with Crippen LogP contribution in [0.25, 0.3) is 0 Å². The molecule has 0 radical (unpaired) electrons. The van der Waals surface area contributed by atoms with Gasteiger partial charge >= 0.3 is 0 Å². The van der Waals surface area contributed by atoms with Crippen molar-refractivity contribution in [1.29, 1.82) is 0 Å². The van der Waals surface area contributed by atoms with Crippen LogP contribution in [0.15, 0.2) is 11.8 Å². The van der Waals surface area contributed by atoms with E-state index in [2.05, 4.69) is 13.8 Å². The molecule has 0 amide bonds. The maximum absolute atomic E-state index is 9.78. The van der Waals surface area contributed by atoms with E-state index in [1.165, 1.54) is 0 Å². The molecule has 0 saturated carbocycles. The first-order valence-corrected chi connectivity index (χ1v) is 5.25. The Morgan fingerprint density at radius 2 is 2.38 bits per heavy atom. The SMILES string of the molecule is CCC(C)CC(O)C1=CCCCO1. The molecular formula is C11H20O2. The van der Waals surface area contributed by atoms with Crippen LogP contribution in [0.2, 0.25) is 0 Å². The van der Waals surface area contributed by atoms with Gasteiger partial charge in [-0.3, -0.25) is 0 Å². The standard InChI is InChI=1S/C11H20O2/c1-3-9(2)8-10(12)11-6-4-5-7-13-11/h6,9-10,12H,3-5,7-8H2,1-2H3. The lowest BCUT2D eigenvalue weighted by molar-refractivity contribution is 0.0774. The van der Waals surface area contributed by atoms with Crippen LogP contribution in [0, 0.1) is 5.92 Å². The van der Waals surface area contributed by atoms with E-state index >= 15 is 0 Å². The molecular weight excluding hydrogens is 164 g/mol. The highest BCUT2D eigenvalue weighted by atomic mass is 16.5. The van der Waals surface area contributed by atoms with Crippen LogP contribution in [-0.2, 0) is 4.74 Å². The third kappa shape index (κ3) is 3.39. The van der Waals surface area contributed by atoms with E-state index in [0.717, 1.165) is 38.0 Å². The molecule has 0 aromatic heterocycles. The van der Waals surface area contributed by atoms with Crippen LogP contribution in [0.5, 0.6) is 0 Å².